The lowest BCUT2D eigenvalue weighted by Crippen LogP contribution is -2.24. The van der Waals surface area contributed by atoms with Gasteiger partial charge in [-0.15, -0.1) is 0 Å². The lowest BCUT2D eigenvalue weighted by atomic mass is 9.73. The summed E-state index contributed by atoms with van der Waals surface area (Å²) in [5.74, 6) is 0.669. The molecule has 2 saturated carbocycles. The van der Waals surface area contributed by atoms with E-state index in [9.17, 15) is 0 Å². The standard InChI is InChI=1S/C59H53N3/c1-5-17-44(18-6-1)45-27-33-51(34-28-45)61(54-39-40-58-56(43-54)55-25-13-14-26-57(55)62(58)50-23-11-4-12-24-50)53-37-31-47(32-38-53)59(41-15-16-42-59)46-29-35-52(36-30-46)60(48-19-7-2-8-20-48)49-21-9-3-10-22-49/h2-4,7-14,19-40,43-44H,1,5-6,15-18,41-42H2. The van der Waals surface area contributed by atoms with Crippen molar-refractivity contribution in [3.63, 3.8) is 0 Å². The fraction of sp³-hybridized carbons (Fsp3) is 0.186. The Morgan fingerprint density at radius 2 is 0.823 bits per heavy atom. The molecular weight excluding hydrogens is 751 g/mol. The number of rotatable bonds is 10. The lowest BCUT2D eigenvalue weighted by Gasteiger charge is -2.33. The fourth-order valence-corrected chi connectivity index (χ4v) is 10.9. The summed E-state index contributed by atoms with van der Waals surface area (Å²) in [6.07, 6.45) is 11.4. The maximum atomic E-state index is 2.47. The van der Waals surface area contributed by atoms with Crippen molar-refractivity contribution in [2.75, 3.05) is 9.80 Å². The zero-order valence-corrected chi connectivity index (χ0v) is 35.4. The lowest BCUT2D eigenvalue weighted by molar-refractivity contribution is 0.443. The summed E-state index contributed by atoms with van der Waals surface area (Å²) in [5.41, 5.74) is 14.9. The van der Waals surface area contributed by atoms with Crippen molar-refractivity contribution in [2.45, 2.75) is 69.1 Å². The second kappa shape index (κ2) is 16.6. The largest absolute Gasteiger partial charge is 0.311 e. The van der Waals surface area contributed by atoms with Gasteiger partial charge in [0.25, 0.3) is 0 Å². The molecule has 9 aromatic rings. The minimum Gasteiger partial charge on any atom is -0.311 e. The molecule has 2 aliphatic carbocycles. The SMILES string of the molecule is c1ccc(N(c2ccccc2)c2ccc(C3(c4ccc(N(c5ccc(C6CCCCC6)cc5)c5ccc6c(c5)c5ccccc5n6-c5ccccc5)cc4)CCCC3)cc2)cc1. The Morgan fingerprint density at radius 3 is 1.40 bits per heavy atom. The van der Waals surface area contributed by atoms with Gasteiger partial charge in [-0.05, 0) is 145 Å². The predicted octanol–water partition coefficient (Wildman–Crippen LogP) is 16.6. The average molecular weight is 804 g/mol. The number of benzene rings is 8. The highest BCUT2D eigenvalue weighted by Crippen LogP contribution is 2.49. The molecule has 11 rings (SSSR count). The van der Waals surface area contributed by atoms with Crippen LogP contribution in [0.1, 0.15) is 80.4 Å². The van der Waals surface area contributed by atoms with Crippen molar-refractivity contribution in [3.8, 4) is 5.69 Å². The van der Waals surface area contributed by atoms with Crippen molar-refractivity contribution in [1.29, 1.82) is 0 Å². The summed E-state index contributed by atoms with van der Waals surface area (Å²) in [5, 5.41) is 2.52. The number of fused-ring (bicyclic) bond motifs is 3. The Labute approximate surface area is 366 Å². The Balaban J connectivity index is 0.981. The van der Waals surface area contributed by atoms with Gasteiger partial charge in [0.1, 0.15) is 0 Å². The Bertz CT molecular complexity index is 2860. The van der Waals surface area contributed by atoms with E-state index in [-0.39, 0.29) is 5.41 Å². The number of para-hydroxylation sites is 4. The molecule has 0 aliphatic heterocycles. The zero-order valence-electron chi connectivity index (χ0n) is 35.4. The maximum Gasteiger partial charge on any atom is 0.0542 e. The smallest absolute Gasteiger partial charge is 0.0542 e. The van der Waals surface area contributed by atoms with Crippen molar-refractivity contribution in [3.05, 3.63) is 223 Å². The maximum absolute atomic E-state index is 2.47. The summed E-state index contributed by atoms with van der Waals surface area (Å²) in [7, 11) is 0. The highest BCUT2D eigenvalue weighted by Gasteiger charge is 2.37. The molecule has 3 nitrogen and oxygen atoms in total. The Kier molecular flexibility index (Phi) is 10.2. The highest BCUT2D eigenvalue weighted by molar-refractivity contribution is 6.10. The van der Waals surface area contributed by atoms with Crippen LogP contribution in [0.15, 0.2) is 206 Å². The van der Waals surface area contributed by atoms with Crippen LogP contribution in [-0.4, -0.2) is 4.57 Å². The second-order valence-corrected chi connectivity index (χ2v) is 17.5. The number of hydrogen-bond acceptors (Lipinski definition) is 2. The molecule has 3 heteroatoms. The molecular formula is C59H53N3. The molecule has 0 bridgehead atoms. The molecule has 0 atom stereocenters. The first-order chi connectivity index (χ1) is 30.7. The van der Waals surface area contributed by atoms with Crippen molar-refractivity contribution in [1.82, 2.24) is 4.57 Å². The normalized spacial score (nSPS) is 15.2. The molecule has 304 valence electrons. The van der Waals surface area contributed by atoms with Crippen molar-refractivity contribution < 1.29 is 0 Å². The molecule has 0 spiro atoms. The van der Waals surface area contributed by atoms with Gasteiger partial charge in [-0.2, -0.15) is 0 Å². The van der Waals surface area contributed by atoms with Gasteiger partial charge in [0.05, 0.1) is 11.0 Å². The Morgan fingerprint density at radius 1 is 0.371 bits per heavy atom. The van der Waals surface area contributed by atoms with Crippen molar-refractivity contribution >= 4 is 55.9 Å². The predicted molar refractivity (Wildman–Crippen MR) is 262 cm³/mol. The number of hydrogen-bond donors (Lipinski definition) is 0. The summed E-state index contributed by atoms with van der Waals surface area (Å²) in [4.78, 5) is 4.83. The van der Waals surface area contributed by atoms with E-state index in [1.807, 2.05) is 0 Å². The van der Waals surface area contributed by atoms with Gasteiger partial charge in [0, 0.05) is 56.0 Å². The van der Waals surface area contributed by atoms with Crippen LogP contribution in [0.3, 0.4) is 0 Å². The van der Waals surface area contributed by atoms with Gasteiger partial charge in [0.15, 0.2) is 0 Å². The van der Waals surface area contributed by atoms with E-state index >= 15 is 0 Å². The van der Waals surface area contributed by atoms with Crippen LogP contribution in [0.4, 0.5) is 34.1 Å². The summed E-state index contributed by atoms with van der Waals surface area (Å²) in [6.45, 7) is 0. The van der Waals surface area contributed by atoms with Crippen LogP contribution < -0.4 is 9.80 Å². The van der Waals surface area contributed by atoms with E-state index in [1.54, 1.807) is 0 Å². The fourth-order valence-electron chi connectivity index (χ4n) is 10.9. The van der Waals surface area contributed by atoms with Gasteiger partial charge in [-0.1, -0.05) is 141 Å². The molecule has 0 saturated heterocycles. The van der Waals surface area contributed by atoms with Crippen LogP contribution >= 0.6 is 0 Å². The van der Waals surface area contributed by atoms with E-state index in [4.69, 9.17) is 0 Å². The topological polar surface area (TPSA) is 11.4 Å². The third-order valence-corrected chi connectivity index (χ3v) is 14.0. The van der Waals surface area contributed by atoms with Crippen LogP contribution in [0.25, 0.3) is 27.5 Å². The van der Waals surface area contributed by atoms with E-state index in [0.717, 1.165) is 24.2 Å². The van der Waals surface area contributed by atoms with E-state index < -0.39 is 0 Å². The van der Waals surface area contributed by atoms with Gasteiger partial charge >= 0.3 is 0 Å². The molecule has 0 unspecified atom stereocenters. The zero-order chi connectivity index (χ0) is 41.3. The number of aromatic nitrogens is 1. The molecule has 1 aromatic heterocycles. The molecule has 0 radical (unpaired) electrons. The second-order valence-electron chi connectivity index (χ2n) is 17.5. The van der Waals surface area contributed by atoms with Crippen molar-refractivity contribution in [2.24, 2.45) is 0 Å². The minimum absolute atomic E-state index is 0.0218. The first-order valence-corrected chi connectivity index (χ1v) is 22.8. The monoisotopic (exact) mass is 803 g/mol. The van der Waals surface area contributed by atoms with E-state index in [1.165, 1.54) is 112 Å². The molecule has 0 amide bonds. The first-order valence-electron chi connectivity index (χ1n) is 22.8. The first kappa shape index (κ1) is 38.1. The average Bonchev–Trinajstić information content (AvgIpc) is 3.98. The molecule has 2 aliphatic rings. The van der Waals surface area contributed by atoms with E-state index in [0.29, 0.717) is 5.92 Å². The molecule has 8 aromatic carbocycles. The van der Waals surface area contributed by atoms with Crippen LogP contribution in [-0.2, 0) is 5.41 Å². The van der Waals surface area contributed by atoms with Gasteiger partial charge < -0.3 is 14.4 Å². The van der Waals surface area contributed by atoms with Gasteiger partial charge in [-0.3, -0.25) is 0 Å². The highest BCUT2D eigenvalue weighted by atomic mass is 15.1. The number of nitrogens with zero attached hydrogens (tertiary/aromatic N) is 3. The third-order valence-electron chi connectivity index (χ3n) is 14.0. The van der Waals surface area contributed by atoms with Crippen LogP contribution in [0, 0.1) is 0 Å². The minimum atomic E-state index is -0.0218. The third kappa shape index (κ3) is 6.96. The summed E-state index contributed by atoms with van der Waals surface area (Å²) in [6, 6.07) is 76.7. The van der Waals surface area contributed by atoms with Crippen LogP contribution in [0.2, 0.25) is 0 Å². The molecule has 0 N–H and O–H groups in total. The van der Waals surface area contributed by atoms with Crippen LogP contribution in [0.5, 0.6) is 0 Å². The summed E-state index contributed by atoms with van der Waals surface area (Å²) >= 11 is 0. The van der Waals surface area contributed by atoms with Gasteiger partial charge in [-0.25, -0.2) is 0 Å². The Hall–Kier alpha value is -6.84. The molecule has 1 heterocycles. The van der Waals surface area contributed by atoms with Gasteiger partial charge in [0.2, 0.25) is 0 Å². The number of anilines is 6. The molecule has 2 fully saturated rings. The summed E-state index contributed by atoms with van der Waals surface area (Å²) < 4.78 is 2.40. The molecule has 62 heavy (non-hydrogen) atoms. The quantitative estimate of drug-likeness (QED) is 0.136. The van der Waals surface area contributed by atoms with E-state index in [2.05, 4.69) is 221 Å².